The summed E-state index contributed by atoms with van der Waals surface area (Å²) in [5.41, 5.74) is 6.38. The van der Waals surface area contributed by atoms with Crippen LogP contribution in [0.25, 0.3) is 0 Å². The van der Waals surface area contributed by atoms with Gasteiger partial charge in [-0.3, -0.25) is 0 Å². The van der Waals surface area contributed by atoms with E-state index in [2.05, 4.69) is 57.0 Å². The average Bonchev–Trinajstić information content (AvgIpc) is 3.20. The van der Waals surface area contributed by atoms with E-state index in [9.17, 15) is 8.42 Å². The zero-order valence-electron chi connectivity index (χ0n) is 19.2. The molecule has 1 atom stereocenters. The molecule has 1 N–H and O–H groups in total. The van der Waals surface area contributed by atoms with Gasteiger partial charge in [-0.25, -0.2) is 13.1 Å². The highest BCUT2D eigenvalue weighted by atomic mass is 32.2. The number of hydrogen-bond donors (Lipinski definition) is 1. The number of hydrogen-bond acceptors (Lipinski definition) is 4. The first-order valence-corrected chi connectivity index (χ1v) is 12.4. The lowest BCUT2D eigenvalue weighted by Gasteiger charge is -2.31. The lowest BCUT2D eigenvalue weighted by Crippen LogP contribution is -2.37. The number of aryl methyl sites for hydroxylation is 2. The quantitative estimate of drug-likeness (QED) is 0.579. The first-order valence-electron chi connectivity index (χ1n) is 10.9. The van der Waals surface area contributed by atoms with Crippen molar-refractivity contribution in [3.8, 4) is 0 Å². The van der Waals surface area contributed by atoms with Gasteiger partial charge in [-0.2, -0.15) is 0 Å². The van der Waals surface area contributed by atoms with Gasteiger partial charge < -0.3 is 9.80 Å². The number of sulfonamides is 1. The van der Waals surface area contributed by atoms with Crippen LogP contribution in [0, 0.1) is 13.8 Å². The van der Waals surface area contributed by atoms with Gasteiger partial charge in [0.05, 0.1) is 10.9 Å². The number of fused-ring (bicyclic) bond motifs is 1. The minimum atomic E-state index is -3.63. The molecule has 32 heavy (non-hydrogen) atoms. The van der Waals surface area contributed by atoms with Crippen molar-refractivity contribution >= 4 is 21.4 Å². The zero-order chi connectivity index (χ0) is 22.9. The lowest BCUT2D eigenvalue weighted by molar-refractivity contribution is 0.562. The molecule has 168 valence electrons. The Morgan fingerprint density at radius 3 is 2.44 bits per heavy atom. The molecule has 0 amide bonds. The second kappa shape index (κ2) is 8.96. The summed E-state index contributed by atoms with van der Waals surface area (Å²) in [5, 5.41) is 0. The predicted molar refractivity (Wildman–Crippen MR) is 132 cm³/mol. The van der Waals surface area contributed by atoms with E-state index in [4.69, 9.17) is 0 Å². The molecule has 0 saturated carbocycles. The maximum atomic E-state index is 13.2. The Balaban J connectivity index is 1.66. The second-order valence-corrected chi connectivity index (χ2v) is 10.4. The van der Waals surface area contributed by atoms with E-state index in [0.717, 1.165) is 35.3 Å². The first-order chi connectivity index (χ1) is 15.3. The summed E-state index contributed by atoms with van der Waals surface area (Å²) < 4.78 is 29.3. The van der Waals surface area contributed by atoms with Crippen molar-refractivity contribution < 1.29 is 8.42 Å². The van der Waals surface area contributed by atoms with Crippen LogP contribution in [0.15, 0.2) is 71.6 Å². The molecule has 0 fully saturated rings. The fourth-order valence-corrected chi connectivity index (χ4v) is 5.72. The number of nitrogens with one attached hydrogen (secondary N) is 1. The predicted octanol–water partition coefficient (Wildman–Crippen LogP) is 4.45. The van der Waals surface area contributed by atoms with E-state index in [1.54, 1.807) is 6.07 Å². The number of benzene rings is 3. The van der Waals surface area contributed by atoms with E-state index < -0.39 is 10.0 Å². The van der Waals surface area contributed by atoms with Crippen LogP contribution in [-0.4, -0.2) is 35.6 Å². The van der Waals surface area contributed by atoms with E-state index in [-0.39, 0.29) is 6.04 Å². The van der Waals surface area contributed by atoms with E-state index in [1.807, 2.05) is 46.1 Å². The van der Waals surface area contributed by atoms with Crippen molar-refractivity contribution in [3.05, 3.63) is 89.0 Å². The van der Waals surface area contributed by atoms with Gasteiger partial charge in [-0.05, 0) is 66.8 Å². The molecule has 5 nitrogen and oxygen atoms in total. The first kappa shape index (κ1) is 22.4. The molecule has 0 radical (unpaired) electrons. The van der Waals surface area contributed by atoms with Gasteiger partial charge in [0.1, 0.15) is 0 Å². The van der Waals surface area contributed by atoms with Crippen LogP contribution >= 0.6 is 0 Å². The molecule has 1 aliphatic heterocycles. The van der Waals surface area contributed by atoms with Crippen LogP contribution in [0.4, 0.5) is 11.4 Å². The number of rotatable bonds is 7. The van der Waals surface area contributed by atoms with Gasteiger partial charge in [-0.15, -0.1) is 0 Å². The smallest absolute Gasteiger partial charge is 0.240 e. The Kier molecular flexibility index (Phi) is 6.26. The van der Waals surface area contributed by atoms with Crippen LogP contribution in [0.5, 0.6) is 0 Å². The Morgan fingerprint density at radius 2 is 1.72 bits per heavy atom. The van der Waals surface area contributed by atoms with Crippen molar-refractivity contribution in [1.29, 1.82) is 0 Å². The third-order valence-corrected chi connectivity index (χ3v) is 7.76. The normalized spacial score (nSPS) is 14.3. The largest absolute Gasteiger partial charge is 0.378 e. The summed E-state index contributed by atoms with van der Waals surface area (Å²) in [6, 6.07) is 22.2. The third kappa shape index (κ3) is 4.52. The summed E-state index contributed by atoms with van der Waals surface area (Å²) in [5.74, 6) is 0. The SMILES string of the molecule is Cc1ccc(C)c(S(=O)(=O)NC[C@@H](c2ccc(N(C)C)cc2)N2CCc3ccccc32)c1. The fourth-order valence-electron chi connectivity index (χ4n) is 4.35. The highest BCUT2D eigenvalue weighted by molar-refractivity contribution is 7.89. The number of para-hydroxylation sites is 1. The molecule has 0 bridgehead atoms. The Hall–Kier alpha value is -2.83. The summed E-state index contributed by atoms with van der Waals surface area (Å²) in [6.45, 7) is 4.91. The molecule has 1 heterocycles. The third-order valence-electron chi connectivity index (χ3n) is 6.19. The molecule has 0 aromatic heterocycles. The highest BCUT2D eigenvalue weighted by Crippen LogP contribution is 2.35. The number of nitrogens with zero attached hydrogens (tertiary/aromatic N) is 2. The van der Waals surface area contributed by atoms with Crippen molar-refractivity contribution in [2.45, 2.75) is 31.2 Å². The molecule has 3 aromatic carbocycles. The van der Waals surface area contributed by atoms with Crippen LogP contribution in [-0.2, 0) is 16.4 Å². The van der Waals surface area contributed by atoms with E-state index >= 15 is 0 Å². The summed E-state index contributed by atoms with van der Waals surface area (Å²) in [6.07, 6.45) is 0.964. The van der Waals surface area contributed by atoms with Gasteiger partial charge in [0, 0.05) is 38.6 Å². The second-order valence-electron chi connectivity index (χ2n) is 8.69. The topological polar surface area (TPSA) is 52.7 Å². The zero-order valence-corrected chi connectivity index (χ0v) is 20.0. The van der Waals surface area contributed by atoms with E-state index in [0.29, 0.717) is 11.4 Å². The Bertz CT molecular complexity index is 1200. The molecule has 0 saturated heterocycles. The summed E-state index contributed by atoms with van der Waals surface area (Å²) >= 11 is 0. The molecular formula is C26H31N3O2S. The van der Waals surface area contributed by atoms with E-state index in [1.165, 1.54) is 11.3 Å². The van der Waals surface area contributed by atoms with Gasteiger partial charge in [0.2, 0.25) is 10.0 Å². The highest BCUT2D eigenvalue weighted by Gasteiger charge is 2.29. The van der Waals surface area contributed by atoms with Crippen LogP contribution in [0.2, 0.25) is 0 Å². The van der Waals surface area contributed by atoms with Gasteiger partial charge in [-0.1, -0.05) is 42.5 Å². The summed E-state index contributed by atoms with van der Waals surface area (Å²) in [7, 11) is 0.401. The lowest BCUT2D eigenvalue weighted by atomic mass is 10.0. The fraction of sp³-hybridized carbons (Fsp3) is 0.308. The van der Waals surface area contributed by atoms with Crippen molar-refractivity contribution in [3.63, 3.8) is 0 Å². The average molecular weight is 450 g/mol. The van der Waals surface area contributed by atoms with Crippen molar-refractivity contribution in [2.75, 3.05) is 37.0 Å². The summed E-state index contributed by atoms with van der Waals surface area (Å²) in [4.78, 5) is 4.74. The molecule has 4 rings (SSSR count). The van der Waals surface area contributed by atoms with Crippen molar-refractivity contribution in [2.24, 2.45) is 0 Å². The minimum absolute atomic E-state index is 0.102. The monoisotopic (exact) mass is 449 g/mol. The molecule has 0 spiro atoms. The number of anilines is 2. The van der Waals surface area contributed by atoms with Crippen LogP contribution < -0.4 is 14.5 Å². The van der Waals surface area contributed by atoms with Crippen molar-refractivity contribution in [1.82, 2.24) is 4.72 Å². The molecule has 0 aliphatic carbocycles. The Morgan fingerprint density at radius 1 is 1.00 bits per heavy atom. The Labute approximate surface area is 191 Å². The van der Waals surface area contributed by atoms with Crippen LogP contribution in [0.3, 0.4) is 0 Å². The molecule has 0 unspecified atom stereocenters. The van der Waals surface area contributed by atoms with Gasteiger partial charge >= 0.3 is 0 Å². The van der Waals surface area contributed by atoms with Crippen LogP contribution in [0.1, 0.15) is 28.3 Å². The minimum Gasteiger partial charge on any atom is -0.378 e. The standard InChI is InChI=1S/C26H31N3O2S/c1-19-9-10-20(2)26(17-19)32(30,31)27-18-25(22-11-13-23(14-12-22)28(3)4)29-16-15-21-7-5-6-8-24(21)29/h5-14,17,25,27H,15-16,18H2,1-4H3/t25-/m0/s1. The molecule has 3 aromatic rings. The van der Waals surface area contributed by atoms with Gasteiger partial charge in [0.25, 0.3) is 0 Å². The maximum Gasteiger partial charge on any atom is 0.240 e. The molecular weight excluding hydrogens is 418 g/mol. The molecule has 6 heteroatoms. The van der Waals surface area contributed by atoms with Gasteiger partial charge in [0.15, 0.2) is 0 Å². The maximum absolute atomic E-state index is 13.2. The molecule has 1 aliphatic rings.